The van der Waals surface area contributed by atoms with Crippen LogP contribution in [0.2, 0.25) is 5.02 Å². The molecule has 0 unspecified atom stereocenters. The van der Waals surface area contributed by atoms with Gasteiger partial charge in [0.2, 0.25) is 0 Å². The zero-order valence-corrected chi connectivity index (χ0v) is 12.3. The summed E-state index contributed by atoms with van der Waals surface area (Å²) in [5.41, 5.74) is 0.677. The van der Waals surface area contributed by atoms with Gasteiger partial charge in [0.05, 0.1) is 4.92 Å². The largest absolute Gasteiger partial charge is 0.481 e. The van der Waals surface area contributed by atoms with E-state index in [-0.39, 0.29) is 18.0 Å². The quantitative estimate of drug-likeness (QED) is 0.667. The Kier molecular flexibility index (Phi) is 5.14. The smallest absolute Gasteiger partial charge is 0.303 e. The van der Waals surface area contributed by atoms with E-state index in [1.807, 2.05) is 0 Å². The Hall–Kier alpha value is -1.66. The number of carbonyl (C=O) groups is 1. The van der Waals surface area contributed by atoms with Gasteiger partial charge in [-0.25, -0.2) is 0 Å². The highest BCUT2D eigenvalue weighted by atomic mass is 35.5. The van der Waals surface area contributed by atoms with Crippen molar-refractivity contribution in [3.63, 3.8) is 0 Å². The summed E-state index contributed by atoms with van der Waals surface area (Å²) in [6.45, 7) is 2.02. The van der Waals surface area contributed by atoms with Crippen LogP contribution in [-0.4, -0.2) is 34.0 Å². The highest BCUT2D eigenvalue weighted by Crippen LogP contribution is 2.27. The lowest BCUT2D eigenvalue weighted by Crippen LogP contribution is -2.34. The maximum Gasteiger partial charge on any atom is 0.303 e. The molecule has 0 radical (unpaired) electrons. The summed E-state index contributed by atoms with van der Waals surface area (Å²) < 4.78 is 0. The van der Waals surface area contributed by atoms with Crippen LogP contribution < -0.4 is 0 Å². The van der Waals surface area contributed by atoms with Crippen molar-refractivity contribution in [1.29, 1.82) is 0 Å². The molecule has 0 saturated carbocycles. The van der Waals surface area contributed by atoms with Crippen LogP contribution in [0.4, 0.5) is 5.69 Å². The molecule has 21 heavy (non-hydrogen) atoms. The molecule has 0 spiro atoms. The van der Waals surface area contributed by atoms with Gasteiger partial charge in [-0.15, -0.1) is 0 Å². The Morgan fingerprint density at radius 1 is 1.43 bits per heavy atom. The Labute approximate surface area is 127 Å². The van der Waals surface area contributed by atoms with Crippen LogP contribution in [0.15, 0.2) is 18.2 Å². The van der Waals surface area contributed by atoms with Crippen LogP contribution in [0.25, 0.3) is 0 Å². The van der Waals surface area contributed by atoms with Gasteiger partial charge < -0.3 is 5.11 Å². The first-order valence-electron chi connectivity index (χ1n) is 6.82. The molecular weight excluding hydrogens is 296 g/mol. The van der Waals surface area contributed by atoms with Gasteiger partial charge in [0.25, 0.3) is 5.69 Å². The number of carboxylic acids is 1. The molecule has 1 fully saturated rings. The minimum atomic E-state index is -0.762. The molecular formula is C14H17ClN2O4. The molecule has 1 saturated heterocycles. The number of likely N-dealkylation sites (tertiary alicyclic amines) is 1. The van der Waals surface area contributed by atoms with E-state index < -0.39 is 10.9 Å². The van der Waals surface area contributed by atoms with Crippen molar-refractivity contribution in [2.45, 2.75) is 25.8 Å². The number of nitro groups is 1. The number of hydrogen-bond donors (Lipinski definition) is 1. The number of aliphatic carboxylic acids is 1. The van der Waals surface area contributed by atoms with Crippen LogP contribution >= 0.6 is 11.6 Å². The molecule has 114 valence electrons. The number of rotatable bonds is 5. The molecule has 1 heterocycles. The summed E-state index contributed by atoms with van der Waals surface area (Å²) in [7, 11) is 0. The lowest BCUT2D eigenvalue weighted by molar-refractivity contribution is -0.385. The molecule has 1 aliphatic rings. The third-order valence-corrected chi connectivity index (χ3v) is 4.04. The summed E-state index contributed by atoms with van der Waals surface area (Å²) in [6.07, 6.45) is 1.83. The average Bonchev–Trinajstić information content (AvgIpc) is 2.42. The first-order chi connectivity index (χ1) is 9.95. The summed E-state index contributed by atoms with van der Waals surface area (Å²) in [6, 6.07) is 4.71. The molecule has 1 aliphatic heterocycles. The lowest BCUT2D eigenvalue weighted by atomic mass is 9.93. The van der Waals surface area contributed by atoms with Gasteiger partial charge in [-0.05, 0) is 44.0 Å². The van der Waals surface area contributed by atoms with Crippen molar-refractivity contribution in [3.05, 3.63) is 38.9 Å². The Balaban J connectivity index is 1.97. The number of carboxylic acid groups (broad SMARTS) is 1. The minimum Gasteiger partial charge on any atom is -0.481 e. The van der Waals surface area contributed by atoms with E-state index in [1.54, 1.807) is 12.1 Å². The Bertz CT molecular complexity index is 542. The third-order valence-electron chi connectivity index (χ3n) is 3.81. The van der Waals surface area contributed by atoms with E-state index in [4.69, 9.17) is 16.7 Å². The van der Waals surface area contributed by atoms with Crippen LogP contribution in [0.3, 0.4) is 0 Å². The highest BCUT2D eigenvalue weighted by Gasteiger charge is 2.23. The number of piperidine rings is 1. The predicted molar refractivity (Wildman–Crippen MR) is 78.4 cm³/mol. The number of nitro benzene ring substituents is 1. The number of hydrogen-bond acceptors (Lipinski definition) is 4. The first-order valence-corrected chi connectivity index (χ1v) is 7.20. The molecule has 1 aromatic rings. The molecule has 0 bridgehead atoms. The second-order valence-electron chi connectivity index (χ2n) is 5.35. The number of benzene rings is 1. The van der Waals surface area contributed by atoms with Crippen molar-refractivity contribution in [1.82, 2.24) is 4.90 Å². The summed E-state index contributed by atoms with van der Waals surface area (Å²) in [4.78, 5) is 23.4. The van der Waals surface area contributed by atoms with E-state index in [0.29, 0.717) is 17.1 Å². The van der Waals surface area contributed by atoms with Crippen LogP contribution in [0.5, 0.6) is 0 Å². The fourth-order valence-corrected chi connectivity index (χ4v) is 2.84. The normalized spacial score (nSPS) is 16.8. The second kappa shape index (κ2) is 6.87. The zero-order valence-electron chi connectivity index (χ0n) is 11.5. The topological polar surface area (TPSA) is 83.7 Å². The molecule has 0 aliphatic carbocycles. The maximum absolute atomic E-state index is 11.1. The highest BCUT2D eigenvalue weighted by molar-refractivity contribution is 6.30. The Morgan fingerprint density at radius 2 is 2.10 bits per heavy atom. The van der Waals surface area contributed by atoms with Gasteiger partial charge in [-0.3, -0.25) is 19.8 Å². The molecule has 1 N–H and O–H groups in total. The van der Waals surface area contributed by atoms with Gasteiger partial charge >= 0.3 is 5.97 Å². The van der Waals surface area contributed by atoms with E-state index >= 15 is 0 Å². The monoisotopic (exact) mass is 312 g/mol. The van der Waals surface area contributed by atoms with Gasteiger partial charge in [-0.1, -0.05) is 11.6 Å². The molecule has 0 atom stereocenters. The summed E-state index contributed by atoms with van der Waals surface area (Å²) >= 11 is 5.80. The maximum atomic E-state index is 11.1. The Morgan fingerprint density at radius 3 is 2.67 bits per heavy atom. The third kappa shape index (κ3) is 4.41. The summed E-state index contributed by atoms with van der Waals surface area (Å²) in [5, 5.41) is 20.2. The van der Waals surface area contributed by atoms with E-state index in [0.717, 1.165) is 25.9 Å². The minimum absolute atomic E-state index is 0.0372. The van der Waals surface area contributed by atoms with Crippen molar-refractivity contribution in [2.24, 2.45) is 5.92 Å². The first kappa shape index (κ1) is 15.7. The van der Waals surface area contributed by atoms with Crippen LogP contribution in [0.1, 0.15) is 24.8 Å². The van der Waals surface area contributed by atoms with E-state index in [9.17, 15) is 14.9 Å². The number of nitrogens with zero attached hydrogens (tertiary/aromatic N) is 2. The van der Waals surface area contributed by atoms with Gasteiger partial charge in [0, 0.05) is 29.6 Å². The molecule has 0 aromatic heterocycles. The van der Waals surface area contributed by atoms with Crippen molar-refractivity contribution >= 4 is 23.3 Å². The van der Waals surface area contributed by atoms with Gasteiger partial charge in [0.15, 0.2) is 0 Å². The van der Waals surface area contributed by atoms with Crippen molar-refractivity contribution < 1.29 is 14.8 Å². The predicted octanol–water partition coefficient (Wildman–Crippen LogP) is 2.93. The second-order valence-corrected chi connectivity index (χ2v) is 5.78. The van der Waals surface area contributed by atoms with Gasteiger partial charge in [-0.2, -0.15) is 0 Å². The molecule has 7 heteroatoms. The number of halogens is 1. The fourth-order valence-electron chi connectivity index (χ4n) is 2.68. The van der Waals surface area contributed by atoms with Gasteiger partial charge in [0.1, 0.15) is 0 Å². The zero-order chi connectivity index (χ0) is 15.4. The molecule has 1 aromatic carbocycles. The molecule has 6 nitrogen and oxygen atoms in total. The van der Waals surface area contributed by atoms with E-state index in [2.05, 4.69) is 4.90 Å². The average molecular weight is 313 g/mol. The van der Waals surface area contributed by atoms with Crippen molar-refractivity contribution in [3.8, 4) is 0 Å². The SMILES string of the molecule is O=C(O)CC1CCN(Cc2ccc(Cl)cc2[N+](=O)[O-])CC1. The standard InChI is InChI=1S/C14H17ClN2O4/c15-12-2-1-11(13(8-12)17(20)21)9-16-5-3-10(4-6-16)7-14(18)19/h1-2,8,10H,3-7,9H2,(H,18,19). The lowest BCUT2D eigenvalue weighted by Gasteiger charge is -2.31. The van der Waals surface area contributed by atoms with Crippen LogP contribution in [0, 0.1) is 16.0 Å². The molecule has 0 amide bonds. The molecule has 2 rings (SSSR count). The van der Waals surface area contributed by atoms with Crippen molar-refractivity contribution in [2.75, 3.05) is 13.1 Å². The fraction of sp³-hybridized carbons (Fsp3) is 0.500. The van der Waals surface area contributed by atoms with E-state index in [1.165, 1.54) is 6.07 Å². The summed E-state index contributed by atoms with van der Waals surface area (Å²) in [5.74, 6) is -0.555. The van der Waals surface area contributed by atoms with Crippen LogP contribution in [-0.2, 0) is 11.3 Å².